The van der Waals surface area contributed by atoms with Gasteiger partial charge in [0.15, 0.2) is 0 Å². The molecule has 3 atom stereocenters. The quantitative estimate of drug-likeness (QED) is 0.419. The van der Waals surface area contributed by atoms with Crippen molar-refractivity contribution >= 4 is 27.5 Å². The van der Waals surface area contributed by atoms with Gasteiger partial charge in [-0.25, -0.2) is 0 Å². The highest BCUT2D eigenvalue weighted by molar-refractivity contribution is 6.00. The van der Waals surface area contributed by atoms with Gasteiger partial charge in [0.2, 0.25) is 0 Å². The van der Waals surface area contributed by atoms with Crippen molar-refractivity contribution in [3.8, 4) is 22.9 Å². The second-order valence-electron chi connectivity index (χ2n) is 10.8. The number of likely N-dealkylation sites (N-methyl/N-ethyl adjacent to an activating group) is 1. The molecule has 0 unspecified atom stereocenters. The number of aromatic nitrogens is 2. The Kier molecular flexibility index (Phi) is 6.03. The van der Waals surface area contributed by atoms with Crippen molar-refractivity contribution < 1.29 is 14.6 Å². The first kappa shape index (κ1) is 23.6. The van der Waals surface area contributed by atoms with Gasteiger partial charge in [-0.15, -0.1) is 0 Å². The summed E-state index contributed by atoms with van der Waals surface area (Å²) in [5.41, 5.74) is 2.82. The van der Waals surface area contributed by atoms with Gasteiger partial charge in [-0.1, -0.05) is 30.3 Å². The Morgan fingerprint density at radius 3 is 2.71 bits per heavy atom. The van der Waals surface area contributed by atoms with Crippen LogP contribution in [-0.4, -0.2) is 84.6 Å². The number of benzene rings is 3. The van der Waals surface area contributed by atoms with Gasteiger partial charge < -0.3 is 24.8 Å². The van der Waals surface area contributed by atoms with Crippen molar-refractivity contribution in [1.29, 1.82) is 0 Å². The normalized spacial score (nSPS) is 23.8. The third-order valence-corrected chi connectivity index (χ3v) is 8.26. The number of piperazine rings is 1. The lowest BCUT2D eigenvalue weighted by atomic mass is 9.97. The van der Waals surface area contributed by atoms with Crippen LogP contribution in [0.3, 0.4) is 0 Å². The molecule has 4 heterocycles. The molecule has 3 aliphatic heterocycles. The van der Waals surface area contributed by atoms with Gasteiger partial charge >= 0.3 is 6.01 Å². The molecule has 7 rings (SSSR count). The average molecular weight is 512 g/mol. The average Bonchev–Trinajstić information content (AvgIpc) is 3.28. The summed E-state index contributed by atoms with van der Waals surface area (Å²) in [4.78, 5) is 14.5. The van der Waals surface area contributed by atoms with Crippen LogP contribution in [0.15, 0.2) is 54.6 Å². The maximum atomic E-state index is 10.4. The van der Waals surface area contributed by atoms with E-state index < -0.39 is 0 Å². The monoisotopic (exact) mass is 511 g/mol. The highest BCUT2D eigenvalue weighted by Gasteiger charge is 2.34. The summed E-state index contributed by atoms with van der Waals surface area (Å²) in [6, 6.07) is 19.7. The number of phenolic OH excluding ortho intramolecular Hbond substituents is 1. The minimum Gasteiger partial charge on any atom is -0.508 e. The molecule has 2 N–H and O–H groups in total. The van der Waals surface area contributed by atoms with E-state index in [1.165, 1.54) is 12.8 Å². The predicted octanol–water partition coefficient (Wildman–Crippen LogP) is 3.81. The summed E-state index contributed by atoms with van der Waals surface area (Å²) < 4.78 is 11.9. The van der Waals surface area contributed by atoms with Crippen LogP contribution in [0.1, 0.15) is 12.8 Å². The van der Waals surface area contributed by atoms with Crippen molar-refractivity contribution in [2.75, 3.05) is 51.4 Å². The second kappa shape index (κ2) is 9.69. The van der Waals surface area contributed by atoms with Gasteiger partial charge in [0, 0.05) is 37.1 Å². The van der Waals surface area contributed by atoms with Gasteiger partial charge in [-0.2, -0.15) is 9.97 Å². The van der Waals surface area contributed by atoms with Crippen LogP contribution in [0, 0.1) is 0 Å². The summed E-state index contributed by atoms with van der Waals surface area (Å²) in [6.07, 6.45) is 2.41. The molecule has 2 bridgehead atoms. The first-order valence-corrected chi connectivity index (χ1v) is 13.6. The van der Waals surface area contributed by atoms with E-state index in [9.17, 15) is 5.11 Å². The minimum atomic E-state index is 0.173. The van der Waals surface area contributed by atoms with Crippen LogP contribution in [-0.2, 0) is 4.74 Å². The third-order valence-electron chi connectivity index (χ3n) is 8.26. The molecule has 0 aliphatic carbocycles. The molecule has 1 aromatic heterocycles. The maximum absolute atomic E-state index is 10.4. The van der Waals surface area contributed by atoms with Crippen molar-refractivity contribution in [1.82, 2.24) is 20.2 Å². The Morgan fingerprint density at radius 2 is 1.87 bits per heavy atom. The van der Waals surface area contributed by atoms with Crippen LogP contribution in [0.4, 0.5) is 5.82 Å². The van der Waals surface area contributed by atoms with Crippen LogP contribution >= 0.6 is 0 Å². The summed E-state index contributed by atoms with van der Waals surface area (Å²) in [7, 11) is 2.10. The number of hydrogen-bond donors (Lipinski definition) is 2. The molecular weight excluding hydrogens is 478 g/mol. The number of fused-ring (bicyclic) bond motifs is 4. The highest BCUT2D eigenvalue weighted by Crippen LogP contribution is 2.36. The number of nitrogens with zero attached hydrogens (tertiary/aromatic N) is 4. The summed E-state index contributed by atoms with van der Waals surface area (Å²) in [5.74, 6) is 1.19. The Hall–Kier alpha value is -3.46. The van der Waals surface area contributed by atoms with E-state index in [1.54, 1.807) is 6.07 Å². The fraction of sp³-hybridized carbons (Fsp3) is 0.400. The van der Waals surface area contributed by atoms with E-state index in [0.29, 0.717) is 31.3 Å². The molecule has 0 radical (unpaired) electrons. The zero-order chi connectivity index (χ0) is 25.6. The third kappa shape index (κ3) is 4.42. The number of phenols is 1. The lowest BCUT2D eigenvalue weighted by Crippen LogP contribution is -2.51. The lowest BCUT2D eigenvalue weighted by molar-refractivity contribution is -0.0119. The second-order valence-corrected chi connectivity index (χ2v) is 10.8. The Balaban J connectivity index is 1.30. The minimum absolute atomic E-state index is 0.173. The summed E-state index contributed by atoms with van der Waals surface area (Å²) >= 11 is 0. The number of aromatic hydroxyl groups is 1. The zero-order valence-corrected chi connectivity index (χ0v) is 21.6. The van der Waals surface area contributed by atoms with E-state index in [4.69, 9.17) is 19.4 Å². The topological polar surface area (TPSA) is 83.0 Å². The SMILES string of the molecule is CN1CCOC[C@H]1COc1nc(N2C[C@H]3CC[C@@H](C2)N3)c2ccc(-c3cc(O)cc4ccccc34)cc2n1. The van der Waals surface area contributed by atoms with Crippen molar-refractivity contribution in [2.45, 2.75) is 31.0 Å². The van der Waals surface area contributed by atoms with E-state index in [2.05, 4.69) is 46.4 Å². The van der Waals surface area contributed by atoms with Crippen molar-refractivity contribution in [3.05, 3.63) is 54.6 Å². The Morgan fingerprint density at radius 1 is 1.03 bits per heavy atom. The van der Waals surface area contributed by atoms with Gasteiger partial charge in [0.05, 0.1) is 24.8 Å². The summed E-state index contributed by atoms with van der Waals surface area (Å²) in [5, 5.41) is 17.3. The first-order valence-electron chi connectivity index (χ1n) is 13.6. The first-order chi connectivity index (χ1) is 18.6. The molecule has 4 aromatic rings. The molecule has 0 saturated carbocycles. The number of rotatable bonds is 5. The highest BCUT2D eigenvalue weighted by atomic mass is 16.5. The largest absolute Gasteiger partial charge is 0.508 e. The van der Waals surface area contributed by atoms with Crippen molar-refractivity contribution in [2.24, 2.45) is 0 Å². The number of hydrogen-bond acceptors (Lipinski definition) is 8. The number of ether oxygens (including phenoxy) is 2. The standard InChI is InChI=1S/C30H33N5O3/c1-34-10-11-37-17-23(34)18-38-30-32-28-13-20(27-14-24(36)12-19-4-2-3-5-25(19)27)6-9-26(28)29(33-30)35-15-21-7-8-22(16-35)31-21/h2-6,9,12-14,21-23,31,36H,7-8,10-11,15-18H2,1H3/t21-,22+,23-/m0/s1. The predicted molar refractivity (Wildman–Crippen MR) is 149 cm³/mol. The molecule has 8 nitrogen and oxygen atoms in total. The molecule has 3 aromatic carbocycles. The molecule has 3 aliphatic rings. The lowest BCUT2D eigenvalue weighted by Gasteiger charge is -2.34. The van der Waals surface area contributed by atoms with Gasteiger partial charge in [-0.05, 0) is 66.1 Å². The molecule has 0 amide bonds. The molecule has 196 valence electrons. The number of anilines is 1. The van der Waals surface area contributed by atoms with E-state index >= 15 is 0 Å². The van der Waals surface area contributed by atoms with Gasteiger partial charge in [0.25, 0.3) is 0 Å². The van der Waals surface area contributed by atoms with Crippen LogP contribution in [0.25, 0.3) is 32.8 Å². The fourth-order valence-electron chi connectivity index (χ4n) is 6.15. The Bertz CT molecular complexity index is 1480. The van der Waals surface area contributed by atoms with Gasteiger partial charge in [0.1, 0.15) is 18.2 Å². The van der Waals surface area contributed by atoms with Crippen molar-refractivity contribution in [3.63, 3.8) is 0 Å². The molecule has 8 heteroatoms. The van der Waals surface area contributed by atoms with Crippen LogP contribution in [0.5, 0.6) is 11.8 Å². The molecule has 3 saturated heterocycles. The number of morpholine rings is 1. The summed E-state index contributed by atoms with van der Waals surface area (Å²) in [6.45, 7) is 4.63. The molecule has 38 heavy (non-hydrogen) atoms. The molecule has 3 fully saturated rings. The van der Waals surface area contributed by atoms with E-state index in [0.717, 1.165) is 64.9 Å². The smallest absolute Gasteiger partial charge is 0.319 e. The number of nitrogens with one attached hydrogen (secondary N) is 1. The van der Waals surface area contributed by atoms with Crippen LogP contribution in [0.2, 0.25) is 0 Å². The van der Waals surface area contributed by atoms with Gasteiger partial charge in [-0.3, -0.25) is 4.90 Å². The van der Waals surface area contributed by atoms with E-state index in [1.807, 2.05) is 24.3 Å². The fourth-order valence-corrected chi connectivity index (χ4v) is 6.15. The molecular formula is C30H33N5O3. The Labute approximate surface area is 222 Å². The maximum Gasteiger partial charge on any atom is 0.319 e. The van der Waals surface area contributed by atoms with Crippen LogP contribution < -0.4 is 15.0 Å². The molecule has 0 spiro atoms. The zero-order valence-electron chi connectivity index (χ0n) is 21.6. The van der Waals surface area contributed by atoms with E-state index in [-0.39, 0.29) is 11.8 Å².